The Morgan fingerprint density at radius 3 is 2.19 bits per heavy atom. The molecule has 0 bridgehead atoms. The van der Waals surface area contributed by atoms with Crippen molar-refractivity contribution in [3.8, 4) is 28.4 Å². The lowest BCUT2D eigenvalue weighted by atomic mass is 9.97. The van der Waals surface area contributed by atoms with E-state index in [0.717, 1.165) is 21.9 Å². The second kappa shape index (κ2) is 5.37. The highest BCUT2D eigenvalue weighted by Gasteiger charge is 2.14. The van der Waals surface area contributed by atoms with E-state index >= 15 is 0 Å². The summed E-state index contributed by atoms with van der Waals surface area (Å²) >= 11 is 0. The van der Waals surface area contributed by atoms with Crippen LogP contribution in [0.15, 0.2) is 54.6 Å². The lowest BCUT2D eigenvalue weighted by Gasteiger charge is -2.14. The van der Waals surface area contributed by atoms with Crippen molar-refractivity contribution in [2.45, 2.75) is 0 Å². The van der Waals surface area contributed by atoms with Crippen molar-refractivity contribution in [3.05, 3.63) is 54.6 Å². The van der Waals surface area contributed by atoms with Gasteiger partial charge in [-0.15, -0.1) is 0 Å². The van der Waals surface area contributed by atoms with Gasteiger partial charge in [-0.3, -0.25) is 0 Å². The molecule has 0 aliphatic rings. The van der Waals surface area contributed by atoms with Crippen LogP contribution >= 0.6 is 0 Å². The second-order valence-electron chi connectivity index (χ2n) is 4.72. The number of methoxy groups -OCH3 is 2. The first-order valence-electron chi connectivity index (χ1n) is 6.68. The van der Waals surface area contributed by atoms with Crippen LogP contribution in [-0.4, -0.2) is 19.3 Å². The molecule has 3 nitrogen and oxygen atoms in total. The van der Waals surface area contributed by atoms with Gasteiger partial charge in [0.2, 0.25) is 0 Å². The van der Waals surface area contributed by atoms with Crippen LogP contribution in [0.25, 0.3) is 21.9 Å². The number of para-hydroxylation sites is 1. The molecule has 0 saturated heterocycles. The summed E-state index contributed by atoms with van der Waals surface area (Å²) in [5.74, 6) is 1.65. The molecule has 0 saturated carbocycles. The van der Waals surface area contributed by atoms with E-state index in [-0.39, 0.29) is 5.75 Å². The Bertz CT molecular complexity index is 794. The first-order valence-corrected chi connectivity index (χ1v) is 6.68. The Hall–Kier alpha value is -2.68. The smallest absolute Gasteiger partial charge is 0.168 e. The number of ether oxygens (including phenoxy) is 2. The van der Waals surface area contributed by atoms with Gasteiger partial charge in [0.25, 0.3) is 0 Å². The van der Waals surface area contributed by atoms with Gasteiger partial charge in [0.05, 0.1) is 14.2 Å². The maximum absolute atomic E-state index is 10.0. The van der Waals surface area contributed by atoms with Crippen molar-refractivity contribution in [1.82, 2.24) is 0 Å². The Morgan fingerprint density at radius 1 is 0.714 bits per heavy atom. The summed E-state index contributed by atoms with van der Waals surface area (Å²) < 4.78 is 10.9. The molecule has 3 aromatic rings. The maximum atomic E-state index is 10.0. The molecule has 0 unspecified atom stereocenters. The van der Waals surface area contributed by atoms with Crippen LogP contribution in [0.1, 0.15) is 0 Å². The number of benzene rings is 3. The molecule has 3 rings (SSSR count). The third kappa shape index (κ3) is 2.17. The molecule has 0 amide bonds. The van der Waals surface area contributed by atoms with E-state index in [0.29, 0.717) is 11.5 Å². The van der Waals surface area contributed by atoms with Crippen LogP contribution in [0.2, 0.25) is 0 Å². The fourth-order valence-corrected chi connectivity index (χ4v) is 2.62. The molecule has 0 aliphatic heterocycles. The van der Waals surface area contributed by atoms with Crippen molar-refractivity contribution in [3.63, 3.8) is 0 Å². The minimum atomic E-state index is 0.274. The van der Waals surface area contributed by atoms with E-state index < -0.39 is 0 Å². The lowest BCUT2D eigenvalue weighted by Crippen LogP contribution is -1.93. The molecule has 1 N–H and O–H groups in total. The molecule has 0 spiro atoms. The maximum Gasteiger partial charge on any atom is 0.168 e. The highest BCUT2D eigenvalue weighted by molar-refractivity contribution is 6.01. The predicted octanol–water partition coefficient (Wildman–Crippen LogP) is 4.23. The Balaban J connectivity index is 2.34. The van der Waals surface area contributed by atoms with Gasteiger partial charge in [-0.1, -0.05) is 36.4 Å². The molecule has 106 valence electrons. The van der Waals surface area contributed by atoms with Gasteiger partial charge in [-0.05, 0) is 29.1 Å². The van der Waals surface area contributed by atoms with E-state index in [1.807, 2.05) is 48.5 Å². The number of aromatic hydroxyl groups is 1. The molecule has 21 heavy (non-hydrogen) atoms. The molecule has 0 aromatic heterocycles. The largest absolute Gasteiger partial charge is 0.507 e. The zero-order valence-electron chi connectivity index (χ0n) is 12.0. The van der Waals surface area contributed by atoms with Gasteiger partial charge in [-0.2, -0.15) is 0 Å². The SMILES string of the molecule is COc1cccc(-c2ccc(O)c3ccccc23)c1OC. The van der Waals surface area contributed by atoms with Crippen LogP contribution in [0.4, 0.5) is 0 Å². The number of hydrogen-bond acceptors (Lipinski definition) is 3. The Kier molecular flexibility index (Phi) is 3.40. The van der Waals surface area contributed by atoms with E-state index in [9.17, 15) is 5.11 Å². The number of fused-ring (bicyclic) bond motifs is 1. The third-order valence-electron chi connectivity index (χ3n) is 3.59. The number of phenols is 1. The fourth-order valence-electron chi connectivity index (χ4n) is 2.62. The van der Waals surface area contributed by atoms with Crippen molar-refractivity contribution < 1.29 is 14.6 Å². The topological polar surface area (TPSA) is 38.7 Å². The molecule has 0 heterocycles. The number of hydrogen-bond donors (Lipinski definition) is 1. The van der Waals surface area contributed by atoms with E-state index in [1.165, 1.54) is 0 Å². The zero-order valence-corrected chi connectivity index (χ0v) is 12.0. The highest BCUT2D eigenvalue weighted by Crippen LogP contribution is 2.42. The van der Waals surface area contributed by atoms with Crippen molar-refractivity contribution in [2.75, 3.05) is 14.2 Å². The predicted molar refractivity (Wildman–Crippen MR) is 84.2 cm³/mol. The summed E-state index contributed by atoms with van der Waals surface area (Å²) in [4.78, 5) is 0. The van der Waals surface area contributed by atoms with Crippen LogP contribution in [-0.2, 0) is 0 Å². The first-order chi connectivity index (χ1) is 10.3. The van der Waals surface area contributed by atoms with E-state index in [2.05, 4.69) is 0 Å². The molecule has 0 aliphatic carbocycles. The van der Waals surface area contributed by atoms with Crippen LogP contribution in [0, 0.1) is 0 Å². The van der Waals surface area contributed by atoms with Gasteiger partial charge in [-0.25, -0.2) is 0 Å². The summed E-state index contributed by atoms with van der Waals surface area (Å²) in [6, 6.07) is 17.1. The van der Waals surface area contributed by atoms with Gasteiger partial charge in [0.15, 0.2) is 11.5 Å². The monoisotopic (exact) mass is 280 g/mol. The van der Waals surface area contributed by atoms with Crippen LogP contribution < -0.4 is 9.47 Å². The van der Waals surface area contributed by atoms with E-state index in [4.69, 9.17) is 9.47 Å². The summed E-state index contributed by atoms with van der Waals surface area (Å²) in [7, 11) is 3.25. The van der Waals surface area contributed by atoms with Gasteiger partial charge in [0, 0.05) is 10.9 Å². The molecule has 3 aromatic carbocycles. The molecular weight excluding hydrogens is 264 g/mol. The quantitative estimate of drug-likeness (QED) is 0.780. The molecule has 0 atom stereocenters. The summed E-state index contributed by atoms with van der Waals surface area (Å²) in [6.45, 7) is 0. The molecule has 0 fully saturated rings. The zero-order chi connectivity index (χ0) is 14.8. The van der Waals surface area contributed by atoms with Crippen molar-refractivity contribution in [2.24, 2.45) is 0 Å². The van der Waals surface area contributed by atoms with Gasteiger partial charge in [0.1, 0.15) is 5.75 Å². The highest BCUT2D eigenvalue weighted by atomic mass is 16.5. The van der Waals surface area contributed by atoms with Crippen LogP contribution in [0.3, 0.4) is 0 Å². The average molecular weight is 280 g/mol. The number of phenolic OH excluding ortho intramolecular Hbond substituents is 1. The Labute approximate surface area is 123 Å². The Morgan fingerprint density at radius 2 is 1.48 bits per heavy atom. The summed E-state index contributed by atoms with van der Waals surface area (Å²) in [6.07, 6.45) is 0. The summed E-state index contributed by atoms with van der Waals surface area (Å²) in [5, 5.41) is 11.8. The van der Waals surface area contributed by atoms with Gasteiger partial charge >= 0.3 is 0 Å². The van der Waals surface area contributed by atoms with Crippen molar-refractivity contribution in [1.29, 1.82) is 0 Å². The second-order valence-corrected chi connectivity index (χ2v) is 4.72. The molecule has 3 heteroatoms. The standard InChI is InChI=1S/C18H16O3/c1-20-17-9-5-8-15(18(17)21-2)13-10-11-16(19)14-7-4-3-6-12(13)14/h3-11,19H,1-2H3. The molecule has 0 radical (unpaired) electrons. The third-order valence-corrected chi connectivity index (χ3v) is 3.59. The number of rotatable bonds is 3. The fraction of sp³-hybridized carbons (Fsp3) is 0.111. The first kappa shape index (κ1) is 13.3. The summed E-state index contributed by atoms with van der Waals surface area (Å²) in [5.41, 5.74) is 1.94. The molecular formula is C18H16O3. The van der Waals surface area contributed by atoms with Crippen molar-refractivity contribution >= 4 is 10.8 Å². The minimum Gasteiger partial charge on any atom is -0.507 e. The normalized spacial score (nSPS) is 10.6. The van der Waals surface area contributed by atoms with Crippen LogP contribution in [0.5, 0.6) is 17.2 Å². The minimum absolute atomic E-state index is 0.274. The van der Waals surface area contributed by atoms with E-state index in [1.54, 1.807) is 20.3 Å². The average Bonchev–Trinajstić information content (AvgIpc) is 2.54. The van der Waals surface area contributed by atoms with Gasteiger partial charge < -0.3 is 14.6 Å². The lowest BCUT2D eigenvalue weighted by molar-refractivity contribution is 0.356.